The zero-order valence-corrected chi connectivity index (χ0v) is 10.9. The minimum Gasteiger partial charge on any atom is -0.481 e. The van der Waals surface area contributed by atoms with Gasteiger partial charge in [-0.3, -0.25) is 4.79 Å². The maximum absolute atomic E-state index is 10.5. The van der Waals surface area contributed by atoms with Crippen LogP contribution in [0.5, 0.6) is 11.5 Å². The summed E-state index contributed by atoms with van der Waals surface area (Å²) in [5.74, 6) is 0.535. The van der Waals surface area contributed by atoms with Crippen LogP contribution in [-0.4, -0.2) is 11.1 Å². The van der Waals surface area contributed by atoms with Gasteiger partial charge >= 0.3 is 5.97 Å². The molecule has 0 aromatic heterocycles. The van der Waals surface area contributed by atoms with E-state index in [1.54, 1.807) is 18.2 Å². The summed E-state index contributed by atoms with van der Waals surface area (Å²) in [5, 5.41) is 9.17. The maximum Gasteiger partial charge on any atom is 0.303 e. The zero-order chi connectivity index (χ0) is 13.7. The van der Waals surface area contributed by atoms with Gasteiger partial charge < -0.3 is 9.84 Å². The number of halogens is 1. The summed E-state index contributed by atoms with van der Waals surface area (Å²) in [6.07, 6.45) is 0.485. The Morgan fingerprint density at radius 1 is 1.11 bits per heavy atom. The lowest BCUT2D eigenvalue weighted by Gasteiger charge is -2.08. The molecule has 0 saturated carbocycles. The highest BCUT2D eigenvalue weighted by Crippen LogP contribution is 2.27. The number of ether oxygens (including phenoxy) is 1. The number of aryl methyl sites for hydroxylation is 1. The number of benzene rings is 2. The summed E-state index contributed by atoms with van der Waals surface area (Å²) < 4.78 is 5.64. The highest BCUT2D eigenvalue weighted by atomic mass is 35.5. The van der Waals surface area contributed by atoms with E-state index in [1.165, 1.54) is 0 Å². The van der Waals surface area contributed by atoms with Gasteiger partial charge in [-0.2, -0.15) is 0 Å². The van der Waals surface area contributed by atoms with Gasteiger partial charge in [0.2, 0.25) is 0 Å². The first-order chi connectivity index (χ1) is 9.15. The predicted molar refractivity (Wildman–Crippen MR) is 73.9 cm³/mol. The Balaban J connectivity index is 2.08. The largest absolute Gasteiger partial charge is 0.481 e. The molecule has 0 radical (unpaired) electrons. The lowest BCUT2D eigenvalue weighted by molar-refractivity contribution is -0.136. The molecule has 2 rings (SSSR count). The molecule has 0 fully saturated rings. The van der Waals surface area contributed by atoms with Crippen molar-refractivity contribution in [1.82, 2.24) is 0 Å². The van der Waals surface area contributed by atoms with Gasteiger partial charge in [-0.1, -0.05) is 35.9 Å². The molecule has 2 aromatic carbocycles. The van der Waals surface area contributed by atoms with Crippen LogP contribution in [0.4, 0.5) is 0 Å². The molecule has 0 heterocycles. The van der Waals surface area contributed by atoms with Crippen LogP contribution >= 0.6 is 11.6 Å². The molecule has 19 heavy (non-hydrogen) atoms. The third kappa shape index (κ3) is 4.00. The van der Waals surface area contributed by atoms with E-state index in [0.29, 0.717) is 17.2 Å². The molecule has 0 atom stereocenters. The van der Waals surface area contributed by atoms with Crippen molar-refractivity contribution >= 4 is 17.6 Å². The van der Waals surface area contributed by atoms with Crippen molar-refractivity contribution in [3.8, 4) is 11.5 Å². The second-order valence-electron chi connectivity index (χ2n) is 4.06. The first-order valence-electron chi connectivity index (χ1n) is 5.88. The van der Waals surface area contributed by atoms with E-state index in [1.807, 2.05) is 30.3 Å². The molecule has 0 aliphatic carbocycles. The van der Waals surface area contributed by atoms with Crippen LogP contribution in [0.25, 0.3) is 0 Å². The Hall–Kier alpha value is -2.00. The molecule has 0 unspecified atom stereocenters. The van der Waals surface area contributed by atoms with Gasteiger partial charge in [-0.15, -0.1) is 0 Å². The number of para-hydroxylation sites is 1. The van der Waals surface area contributed by atoms with Gasteiger partial charge in [0.15, 0.2) is 0 Å². The third-order valence-corrected chi connectivity index (χ3v) is 2.96. The lowest BCUT2D eigenvalue weighted by atomic mass is 10.1. The van der Waals surface area contributed by atoms with E-state index in [0.717, 1.165) is 11.3 Å². The van der Waals surface area contributed by atoms with Crippen molar-refractivity contribution in [2.24, 2.45) is 0 Å². The van der Waals surface area contributed by atoms with Crippen LogP contribution in [0.15, 0.2) is 48.5 Å². The van der Waals surface area contributed by atoms with Crippen LogP contribution in [0.3, 0.4) is 0 Å². The minimum absolute atomic E-state index is 0.0681. The molecule has 0 amide bonds. The second kappa shape index (κ2) is 6.25. The van der Waals surface area contributed by atoms with Crippen LogP contribution < -0.4 is 4.74 Å². The molecule has 4 heteroatoms. The Labute approximate surface area is 116 Å². The Morgan fingerprint density at radius 2 is 1.84 bits per heavy atom. The van der Waals surface area contributed by atoms with E-state index in [4.69, 9.17) is 21.4 Å². The molecule has 0 spiro atoms. The highest BCUT2D eigenvalue weighted by Gasteiger charge is 2.06. The molecule has 3 nitrogen and oxygen atoms in total. The van der Waals surface area contributed by atoms with Gasteiger partial charge in [0.05, 0.1) is 0 Å². The molecule has 2 aromatic rings. The van der Waals surface area contributed by atoms with Crippen molar-refractivity contribution in [3.05, 3.63) is 59.1 Å². The standard InChI is InChI=1S/C15H13ClO3/c16-14-10-13(19-12-4-2-1-3-5-12)8-6-11(14)7-9-15(17)18/h1-6,8,10H,7,9H2,(H,17,18). The monoisotopic (exact) mass is 276 g/mol. The van der Waals surface area contributed by atoms with Crippen molar-refractivity contribution in [3.63, 3.8) is 0 Å². The average molecular weight is 277 g/mol. The summed E-state index contributed by atoms with van der Waals surface area (Å²) in [5.41, 5.74) is 0.810. The number of aliphatic carboxylic acids is 1. The highest BCUT2D eigenvalue weighted by molar-refractivity contribution is 6.31. The zero-order valence-electron chi connectivity index (χ0n) is 10.2. The number of rotatable bonds is 5. The second-order valence-corrected chi connectivity index (χ2v) is 4.47. The lowest BCUT2D eigenvalue weighted by Crippen LogP contribution is -1.98. The Morgan fingerprint density at radius 3 is 2.47 bits per heavy atom. The molecule has 1 N–H and O–H groups in total. The van der Waals surface area contributed by atoms with E-state index in [2.05, 4.69) is 0 Å². The average Bonchev–Trinajstić information content (AvgIpc) is 2.39. The molecular weight excluding hydrogens is 264 g/mol. The summed E-state index contributed by atoms with van der Waals surface area (Å²) in [4.78, 5) is 10.5. The smallest absolute Gasteiger partial charge is 0.303 e. The van der Waals surface area contributed by atoms with Crippen LogP contribution in [0.2, 0.25) is 5.02 Å². The number of carboxylic acids is 1. The van der Waals surface area contributed by atoms with Crippen molar-refractivity contribution in [1.29, 1.82) is 0 Å². The van der Waals surface area contributed by atoms with Gasteiger partial charge in [0.25, 0.3) is 0 Å². The number of hydrogen-bond acceptors (Lipinski definition) is 2. The van der Waals surface area contributed by atoms with Gasteiger partial charge in [-0.05, 0) is 36.2 Å². The minimum atomic E-state index is -0.833. The van der Waals surface area contributed by atoms with Crippen LogP contribution in [0.1, 0.15) is 12.0 Å². The Bertz CT molecular complexity index is 567. The van der Waals surface area contributed by atoms with Gasteiger partial charge in [-0.25, -0.2) is 0 Å². The summed E-state index contributed by atoms with van der Waals surface area (Å²) in [6.45, 7) is 0. The molecule has 0 bridgehead atoms. The first kappa shape index (κ1) is 13.4. The van der Waals surface area contributed by atoms with E-state index < -0.39 is 5.97 Å². The molecule has 0 aliphatic heterocycles. The number of carboxylic acid groups (broad SMARTS) is 1. The fourth-order valence-corrected chi connectivity index (χ4v) is 1.93. The van der Waals surface area contributed by atoms with Crippen molar-refractivity contribution in [2.75, 3.05) is 0 Å². The summed E-state index contributed by atoms with van der Waals surface area (Å²) in [7, 11) is 0. The quantitative estimate of drug-likeness (QED) is 0.892. The van der Waals surface area contributed by atoms with Crippen molar-refractivity contribution in [2.45, 2.75) is 12.8 Å². The predicted octanol–water partition coefficient (Wildman–Crippen LogP) is 4.15. The van der Waals surface area contributed by atoms with Gasteiger partial charge in [0.1, 0.15) is 11.5 Å². The third-order valence-electron chi connectivity index (χ3n) is 2.61. The molecule has 0 saturated heterocycles. The fraction of sp³-hybridized carbons (Fsp3) is 0.133. The molecular formula is C15H13ClO3. The Kier molecular flexibility index (Phi) is 4.42. The fourth-order valence-electron chi connectivity index (χ4n) is 1.66. The molecule has 0 aliphatic rings. The van der Waals surface area contributed by atoms with E-state index >= 15 is 0 Å². The van der Waals surface area contributed by atoms with Crippen molar-refractivity contribution < 1.29 is 14.6 Å². The maximum atomic E-state index is 10.5. The normalized spacial score (nSPS) is 10.2. The topological polar surface area (TPSA) is 46.5 Å². The first-order valence-corrected chi connectivity index (χ1v) is 6.26. The molecule has 98 valence electrons. The number of hydrogen-bond donors (Lipinski definition) is 1. The van der Waals surface area contributed by atoms with E-state index in [-0.39, 0.29) is 6.42 Å². The van der Waals surface area contributed by atoms with Crippen LogP contribution in [-0.2, 0) is 11.2 Å². The summed E-state index contributed by atoms with van der Waals surface area (Å²) in [6, 6.07) is 14.7. The van der Waals surface area contributed by atoms with E-state index in [9.17, 15) is 4.79 Å². The SMILES string of the molecule is O=C(O)CCc1ccc(Oc2ccccc2)cc1Cl. The van der Waals surface area contributed by atoms with Crippen LogP contribution in [0, 0.1) is 0 Å². The summed E-state index contributed by atoms with van der Waals surface area (Å²) >= 11 is 6.11. The van der Waals surface area contributed by atoms with Gasteiger partial charge in [0, 0.05) is 11.4 Å². The number of carbonyl (C=O) groups is 1.